The third-order valence-electron chi connectivity index (χ3n) is 2.14. The molecule has 0 unspecified atom stereocenters. The summed E-state index contributed by atoms with van der Waals surface area (Å²) in [4.78, 5) is 11.4. The molecule has 0 atom stereocenters. The zero-order chi connectivity index (χ0) is 14.1. The molecule has 8 heteroatoms. The van der Waals surface area contributed by atoms with Crippen molar-refractivity contribution in [3.05, 3.63) is 16.4 Å². The van der Waals surface area contributed by atoms with Gasteiger partial charge in [-0.3, -0.25) is 9.48 Å². The first-order chi connectivity index (χ1) is 8.12. The van der Waals surface area contributed by atoms with Crippen LogP contribution in [-0.4, -0.2) is 21.7 Å². The molecule has 0 aromatic carbocycles. The van der Waals surface area contributed by atoms with Gasteiger partial charge >= 0.3 is 6.18 Å². The van der Waals surface area contributed by atoms with E-state index >= 15 is 0 Å². The number of alkyl halides is 3. The summed E-state index contributed by atoms with van der Waals surface area (Å²) in [5.74, 6) is -0.416. The predicted molar refractivity (Wildman–Crippen MR) is 60.3 cm³/mol. The summed E-state index contributed by atoms with van der Waals surface area (Å²) in [7, 11) is 0. The number of rotatable bonds is 3. The Morgan fingerprint density at radius 2 is 2.06 bits per heavy atom. The Balaban J connectivity index is 2.95. The SMILES string of the molecule is Cc1c(Cl)c(C(F)(F)F)nn1CC(=O)NC(C)C. The van der Waals surface area contributed by atoms with Crippen molar-refractivity contribution in [2.75, 3.05) is 0 Å². The number of carbonyl (C=O) groups excluding carboxylic acids is 1. The van der Waals surface area contributed by atoms with E-state index in [-0.39, 0.29) is 18.3 Å². The summed E-state index contributed by atoms with van der Waals surface area (Å²) in [6, 6.07) is -0.0917. The maximum absolute atomic E-state index is 12.5. The van der Waals surface area contributed by atoms with Gasteiger partial charge in [0.25, 0.3) is 0 Å². The van der Waals surface area contributed by atoms with Crippen LogP contribution in [0.15, 0.2) is 0 Å². The Morgan fingerprint density at radius 3 is 2.44 bits per heavy atom. The van der Waals surface area contributed by atoms with Gasteiger partial charge in [-0.25, -0.2) is 0 Å². The lowest BCUT2D eigenvalue weighted by molar-refractivity contribution is -0.141. The van der Waals surface area contributed by atoms with E-state index in [4.69, 9.17) is 11.6 Å². The van der Waals surface area contributed by atoms with Crippen LogP contribution in [0.2, 0.25) is 5.02 Å². The van der Waals surface area contributed by atoms with Crippen molar-refractivity contribution in [1.82, 2.24) is 15.1 Å². The van der Waals surface area contributed by atoms with Crippen molar-refractivity contribution in [3.8, 4) is 0 Å². The number of aromatic nitrogens is 2. The highest BCUT2D eigenvalue weighted by molar-refractivity contribution is 6.31. The molecule has 1 N–H and O–H groups in total. The van der Waals surface area contributed by atoms with Crippen molar-refractivity contribution in [1.29, 1.82) is 0 Å². The minimum atomic E-state index is -4.62. The van der Waals surface area contributed by atoms with E-state index < -0.39 is 22.8 Å². The Hall–Kier alpha value is -1.24. The molecule has 102 valence electrons. The first-order valence-electron chi connectivity index (χ1n) is 5.22. The first-order valence-corrected chi connectivity index (χ1v) is 5.60. The molecule has 0 radical (unpaired) electrons. The third kappa shape index (κ3) is 3.38. The van der Waals surface area contributed by atoms with Crippen molar-refractivity contribution in [3.63, 3.8) is 0 Å². The molecule has 1 heterocycles. The molecule has 0 aliphatic carbocycles. The van der Waals surface area contributed by atoms with Crippen molar-refractivity contribution in [2.45, 2.75) is 39.5 Å². The van der Waals surface area contributed by atoms with E-state index in [0.717, 1.165) is 4.68 Å². The molecule has 0 saturated heterocycles. The lowest BCUT2D eigenvalue weighted by Gasteiger charge is -2.09. The summed E-state index contributed by atoms with van der Waals surface area (Å²) in [5, 5.41) is 5.42. The summed E-state index contributed by atoms with van der Waals surface area (Å²) < 4.78 is 38.5. The zero-order valence-corrected chi connectivity index (χ0v) is 10.9. The maximum atomic E-state index is 12.5. The van der Waals surface area contributed by atoms with Crippen LogP contribution in [0.25, 0.3) is 0 Å². The van der Waals surface area contributed by atoms with Gasteiger partial charge in [0.2, 0.25) is 5.91 Å². The van der Waals surface area contributed by atoms with Crippen LogP contribution in [0.4, 0.5) is 13.2 Å². The molecule has 1 aromatic heterocycles. The molecule has 0 bridgehead atoms. The van der Waals surface area contributed by atoms with Crippen molar-refractivity contribution < 1.29 is 18.0 Å². The fourth-order valence-electron chi connectivity index (χ4n) is 1.36. The van der Waals surface area contributed by atoms with Crippen molar-refractivity contribution >= 4 is 17.5 Å². The molecule has 0 spiro atoms. The van der Waals surface area contributed by atoms with E-state index in [1.165, 1.54) is 6.92 Å². The number of halogens is 4. The van der Waals surface area contributed by atoms with Crippen molar-refractivity contribution in [2.24, 2.45) is 0 Å². The molecule has 1 rings (SSSR count). The van der Waals surface area contributed by atoms with Gasteiger partial charge in [0.1, 0.15) is 6.54 Å². The van der Waals surface area contributed by atoms with Gasteiger partial charge in [-0.15, -0.1) is 0 Å². The molecule has 0 aliphatic rings. The second-order valence-corrected chi connectivity index (χ2v) is 4.50. The smallest absolute Gasteiger partial charge is 0.352 e. The predicted octanol–water partition coefficient (Wildman–Crippen LogP) is 2.39. The molecule has 0 aliphatic heterocycles. The Labute approximate surface area is 107 Å². The van der Waals surface area contributed by atoms with Gasteiger partial charge in [0, 0.05) is 6.04 Å². The molecule has 18 heavy (non-hydrogen) atoms. The topological polar surface area (TPSA) is 46.9 Å². The fourth-order valence-corrected chi connectivity index (χ4v) is 1.61. The molecular weight excluding hydrogens is 271 g/mol. The number of nitrogens with one attached hydrogen (secondary N) is 1. The Morgan fingerprint density at radius 1 is 1.50 bits per heavy atom. The van der Waals surface area contributed by atoms with Crippen LogP contribution in [0, 0.1) is 6.92 Å². The summed E-state index contributed by atoms with van der Waals surface area (Å²) in [5.41, 5.74) is -1.05. The molecule has 0 fully saturated rings. The average Bonchev–Trinajstić information content (AvgIpc) is 2.44. The standard InChI is InChI=1S/C10H13ClF3N3O/c1-5(2)15-7(18)4-17-6(3)8(11)9(16-17)10(12,13)14/h5H,4H2,1-3H3,(H,15,18). The third-order valence-corrected chi connectivity index (χ3v) is 2.60. The van der Waals surface area contributed by atoms with Gasteiger partial charge < -0.3 is 5.32 Å². The van der Waals surface area contributed by atoms with Crippen LogP contribution in [-0.2, 0) is 17.5 Å². The highest BCUT2D eigenvalue weighted by Gasteiger charge is 2.38. The average molecular weight is 284 g/mol. The van der Waals surface area contributed by atoms with E-state index in [9.17, 15) is 18.0 Å². The largest absolute Gasteiger partial charge is 0.436 e. The van der Waals surface area contributed by atoms with Gasteiger partial charge in [-0.2, -0.15) is 18.3 Å². The minimum absolute atomic E-state index is 0.0917. The van der Waals surface area contributed by atoms with Gasteiger partial charge in [-0.1, -0.05) is 11.6 Å². The summed E-state index contributed by atoms with van der Waals surface area (Å²) in [6.45, 7) is 4.59. The zero-order valence-electron chi connectivity index (χ0n) is 10.1. The fraction of sp³-hybridized carbons (Fsp3) is 0.600. The van der Waals surface area contributed by atoms with Crippen LogP contribution >= 0.6 is 11.6 Å². The van der Waals surface area contributed by atoms with Crippen LogP contribution in [0.3, 0.4) is 0 Å². The normalized spacial score (nSPS) is 12.0. The second kappa shape index (κ2) is 5.17. The minimum Gasteiger partial charge on any atom is -0.352 e. The summed E-state index contributed by atoms with van der Waals surface area (Å²) in [6.07, 6.45) is -4.62. The molecule has 0 saturated carbocycles. The van der Waals surface area contributed by atoms with E-state index in [0.29, 0.717) is 0 Å². The molecule has 4 nitrogen and oxygen atoms in total. The number of hydrogen-bond acceptors (Lipinski definition) is 2. The van der Waals surface area contributed by atoms with Crippen LogP contribution < -0.4 is 5.32 Å². The number of nitrogens with zero attached hydrogens (tertiary/aromatic N) is 2. The highest BCUT2D eigenvalue weighted by atomic mass is 35.5. The highest BCUT2D eigenvalue weighted by Crippen LogP contribution is 2.35. The van der Waals surface area contributed by atoms with Crippen LogP contribution in [0.5, 0.6) is 0 Å². The van der Waals surface area contributed by atoms with E-state index in [1.807, 2.05) is 0 Å². The van der Waals surface area contributed by atoms with E-state index in [1.54, 1.807) is 13.8 Å². The van der Waals surface area contributed by atoms with Crippen LogP contribution in [0.1, 0.15) is 25.2 Å². The number of hydrogen-bond donors (Lipinski definition) is 1. The van der Waals surface area contributed by atoms with Gasteiger partial charge in [0.15, 0.2) is 5.69 Å². The first kappa shape index (κ1) is 14.8. The monoisotopic (exact) mass is 283 g/mol. The Kier molecular flexibility index (Phi) is 4.26. The maximum Gasteiger partial charge on any atom is 0.436 e. The van der Waals surface area contributed by atoms with E-state index in [2.05, 4.69) is 10.4 Å². The van der Waals surface area contributed by atoms with Gasteiger partial charge in [0.05, 0.1) is 10.7 Å². The second-order valence-electron chi connectivity index (χ2n) is 4.13. The molecular formula is C10H13ClF3N3O. The number of amides is 1. The molecule has 1 amide bonds. The summed E-state index contributed by atoms with van der Waals surface area (Å²) >= 11 is 5.55. The Bertz CT molecular complexity index is 454. The molecule has 1 aromatic rings. The lowest BCUT2D eigenvalue weighted by atomic mass is 10.3. The number of carbonyl (C=O) groups is 1. The van der Waals surface area contributed by atoms with Gasteiger partial charge in [-0.05, 0) is 20.8 Å². The quantitative estimate of drug-likeness (QED) is 0.926. The lowest BCUT2D eigenvalue weighted by Crippen LogP contribution is -2.33.